The first-order valence-electron chi connectivity index (χ1n) is 5.97. The van der Waals surface area contributed by atoms with E-state index in [-0.39, 0.29) is 29.5 Å². The van der Waals surface area contributed by atoms with Gasteiger partial charge in [-0.1, -0.05) is 0 Å². The molecule has 2 rings (SSSR count). The number of aryl methyl sites for hydroxylation is 1. The molecule has 2 amide bonds. The monoisotopic (exact) mass is 262 g/mol. The number of aromatic nitrogens is 1. The van der Waals surface area contributed by atoms with Crippen LogP contribution in [0.2, 0.25) is 0 Å². The zero-order valence-electron chi connectivity index (χ0n) is 10.5. The predicted molar refractivity (Wildman–Crippen MR) is 69.8 cm³/mol. The second kappa shape index (κ2) is 5.47. The zero-order valence-corrected chi connectivity index (χ0v) is 10.5. The number of hydrogen-bond acceptors (Lipinski definition) is 4. The van der Waals surface area contributed by atoms with Crippen molar-refractivity contribution >= 4 is 23.2 Å². The lowest BCUT2D eigenvalue weighted by atomic mass is 10.1. The van der Waals surface area contributed by atoms with Crippen molar-refractivity contribution in [3.8, 4) is 0 Å². The molecule has 7 heteroatoms. The van der Waals surface area contributed by atoms with Crippen molar-refractivity contribution in [2.45, 2.75) is 26.3 Å². The summed E-state index contributed by atoms with van der Waals surface area (Å²) in [6.07, 6.45) is 2.13. The van der Waals surface area contributed by atoms with E-state index in [1.54, 1.807) is 6.20 Å². The van der Waals surface area contributed by atoms with Crippen LogP contribution in [-0.4, -0.2) is 22.1 Å². The Labute approximate surface area is 109 Å². The molecule has 19 heavy (non-hydrogen) atoms. The molecule has 2 N–H and O–H groups in total. The Kier molecular flexibility index (Phi) is 3.74. The molecule has 0 saturated heterocycles. The van der Waals surface area contributed by atoms with Crippen molar-refractivity contribution in [3.63, 3.8) is 0 Å². The molecule has 1 aliphatic heterocycles. The Morgan fingerprint density at radius 2 is 2.21 bits per heavy atom. The number of hydrazone groups is 1. The summed E-state index contributed by atoms with van der Waals surface area (Å²) in [5.41, 5.74) is 2.93. The van der Waals surface area contributed by atoms with Crippen LogP contribution in [0.25, 0.3) is 0 Å². The zero-order chi connectivity index (χ0) is 13.8. The molecular formula is C12H14N4O3. The molecule has 0 fully saturated rings. The molecule has 0 atom stereocenters. The number of amides is 2. The fourth-order valence-electron chi connectivity index (χ4n) is 1.69. The van der Waals surface area contributed by atoms with Crippen LogP contribution in [0.4, 0.5) is 5.69 Å². The molecule has 0 bridgehead atoms. The highest BCUT2D eigenvalue weighted by Gasteiger charge is 2.18. The van der Waals surface area contributed by atoms with Gasteiger partial charge in [0, 0.05) is 31.6 Å². The number of nitrogens with one attached hydrogen (secondary N) is 2. The molecule has 1 aliphatic rings. The summed E-state index contributed by atoms with van der Waals surface area (Å²) < 4.78 is 1.49. The quantitative estimate of drug-likeness (QED) is 0.807. The lowest BCUT2D eigenvalue weighted by molar-refractivity contribution is -0.121. The van der Waals surface area contributed by atoms with Gasteiger partial charge in [0.2, 0.25) is 5.91 Å². The van der Waals surface area contributed by atoms with Gasteiger partial charge in [-0.3, -0.25) is 14.4 Å². The van der Waals surface area contributed by atoms with E-state index in [2.05, 4.69) is 15.8 Å². The summed E-state index contributed by atoms with van der Waals surface area (Å²) >= 11 is 0. The Bertz CT molecular complexity index is 603. The van der Waals surface area contributed by atoms with Gasteiger partial charge >= 0.3 is 0 Å². The molecule has 0 saturated carbocycles. The van der Waals surface area contributed by atoms with E-state index in [4.69, 9.17) is 0 Å². The number of carbonyl (C=O) groups is 2. The van der Waals surface area contributed by atoms with Crippen LogP contribution in [0.3, 0.4) is 0 Å². The molecule has 7 nitrogen and oxygen atoms in total. The van der Waals surface area contributed by atoms with Crippen molar-refractivity contribution in [1.29, 1.82) is 0 Å². The molecular weight excluding hydrogens is 248 g/mol. The highest BCUT2D eigenvalue weighted by molar-refractivity contribution is 6.43. The minimum atomic E-state index is -0.374. The van der Waals surface area contributed by atoms with Gasteiger partial charge in [0.05, 0.1) is 5.69 Å². The van der Waals surface area contributed by atoms with E-state index < -0.39 is 0 Å². The average molecular weight is 262 g/mol. The van der Waals surface area contributed by atoms with E-state index >= 15 is 0 Å². The predicted octanol–water partition coefficient (Wildman–Crippen LogP) is 0.0727. The molecule has 0 unspecified atom stereocenters. The van der Waals surface area contributed by atoms with E-state index in [9.17, 15) is 14.4 Å². The van der Waals surface area contributed by atoms with Gasteiger partial charge in [-0.05, 0) is 13.0 Å². The topological polar surface area (TPSA) is 92.6 Å². The van der Waals surface area contributed by atoms with Crippen LogP contribution in [0.1, 0.15) is 19.8 Å². The van der Waals surface area contributed by atoms with Gasteiger partial charge in [0.1, 0.15) is 5.71 Å². The Hall–Kier alpha value is -2.44. The maximum absolute atomic E-state index is 11.9. The number of pyridine rings is 1. The van der Waals surface area contributed by atoms with Crippen molar-refractivity contribution in [2.75, 3.05) is 5.32 Å². The second-order valence-corrected chi connectivity index (χ2v) is 4.09. The summed E-state index contributed by atoms with van der Waals surface area (Å²) in [7, 11) is 0. The number of anilines is 1. The third-order valence-electron chi connectivity index (χ3n) is 2.75. The first-order chi connectivity index (χ1) is 9.10. The van der Waals surface area contributed by atoms with Gasteiger partial charge < -0.3 is 9.88 Å². The molecule has 1 aromatic rings. The molecule has 100 valence electrons. The maximum Gasteiger partial charge on any atom is 0.271 e. The minimum absolute atomic E-state index is 0.122. The minimum Gasteiger partial charge on any atom is -0.320 e. The van der Waals surface area contributed by atoms with Gasteiger partial charge in [-0.2, -0.15) is 5.10 Å². The number of carbonyl (C=O) groups excluding carboxylic acids is 2. The summed E-state index contributed by atoms with van der Waals surface area (Å²) in [6.45, 7) is 2.37. The lowest BCUT2D eigenvalue weighted by Gasteiger charge is -2.12. The second-order valence-electron chi connectivity index (χ2n) is 4.09. The number of nitrogens with zero attached hydrogens (tertiary/aromatic N) is 2. The smallest absolute Gasteiger partial charge is 0.271 e. The molecule has 0 aromatic carbocycles. The molecule has 0 aliphatic carbocycles. The molecule has 2 heterocycles. The lowest BCUT2D eigenvalue weighted by Crippen LogP contribution is -2.33. The summed E-state index contributed by atoms with van der Waals surface area (Å²) in [5.74, 6) is -0.572. The molecule has 0 radical (unpaired) electrons. The fourth-order valence-corrected chi connectivity index (χ4v) is 1.69. The van der Waals surface area contributed by atoms with E-state index in [1.807, 2.05) is 6.92 Å². The van der Waals surface area contributed by atoms with Crippen LogP contribution in [0, 0.1) is 0 Å². The third-order valence-corrected chi connectivity index (χ3v) is 2.75. The van der Waals surface area contributed by atoms with Gasteiger partial charge in [-0.15, -0.1) is 0 Å². The number of rotatable bonds is 3. The third kappa shape index (κ3) is 3.06. The average Bonchev–Trinajstić information content (AvgIpc) is 2.41. The largest absolute Gasteiger partial charge is 0.320 e. The Balaban J connectivity index is 2.11. The van der Waals surface area contributed by atoms with Crippen molar-refractivity contribution in [3.05, 3.63) is 28.7 Å². The van der Waals surface area contributed by atoms with E-state index in [1.165, 1.54) is 16.7 Å². The maximum atomic E-state index is 11.9. The normalized spacial score (nSPS) is 14.6. The summed E-state index contributed by atoms with van der Waals surface area (Å²) in [4.78, 5) is 34.2. The van der Waals surface area contributed by atoms with Gasteiger partial charge in [0.25, 0.3) is 11.5 Å². The highest BCUT2D eigenvalue weighted by atomic mass is 16.2. The van der Waals surface area contributed by atoms with Gasteiger partial charge in [-0.25, -0.2) is 5.43 Å². The molecule has 0 spiro atoms. The van der Waals surface area contributed by atoms with Crippen LogP contribution < -0.4 is 16.3 Å². The Morgan fingerprint density at radius 1 is 1.42 bits per heavy atom. The van der Waals surface area contributed by atoms with Crippen LogP contribution >= 0.6 is 0 Å². The SMILES string of the molecule is CCn1cc(NC(=O)C2=NNC(=O)CC2)ccc1=O. The van der Waals surface area contributed by atoms with Crippen LogP contribution in [0.5, 0.6) is 0 Å². The van der Waals surface area contributed by atoms with Crippen LogP contribution in [-0.2, 0) is 16.1 Å². The van der Waals surface area contributed by atoms with Crippen molar-refractivity contribution in [2.24, 2.45) is 5.10 Å². The summed E-state index contributed by atoms with van der Waals surface area (Å²) in [6, 6.07) is 2.93. The highest BCUT2D eigenvalue weighted by Crippen LogP contribution is 2.06. The standard InChI is InChI=1S/C12H14N4O3/c1-2-16-7-8(3-6-11(16)18)13-12(19)9-4-5-10(17)15-14-9/h3,6-7H,2,4-5H2,1H3,(H,13,19)(H,15,17). The number of hydrogen-bond donors (Lipinski definition) is 2. The fraction of sp³-hybridized carbons (Fsp3) is 0.333. The first-order valence-corrected chi connectivity index (χ1v) is 5.97. The molecule has 1 aromatic heterocycles. The van der Waals surface area contributed by atoms with Gasteiger partial charge in [0.15, 0.2) is 0 Å². The van der Waals surface area contributed by atoms with Crippen LogP contribution in [0.15, 0.2) is 28.2 Å². The van der Waals surface area contributed by atoms with Crippen molar-refractivity contribution in [1.82, 2.24) is 9.99 Å². The first kappa shape index (κ1) is 13.0. The summed E-state index contributed by atoms with van der Waals surface area (Å²) in [5, 5.41) is 6.35. The van der Waals surface area contributed by atoms with E-state index in [0.29, 0.717) is 18.7 Å². The Morgan fingerprint density at radius 3 is 2.84 bits per heavy atom. The van der Waals surface area contributed by atoms with E-state index in [0.717, 1.165) is 0 Å². The van der Waals surface area contributed by atoms with Crippen molar-refractivity contribution < 1.29 is 9.59 Å².